The number of carboxylic acid groups (broad SMARTS) is 1. The largest absolute Gasteiger partial charge is 0.478 e. The fourth-order valence-corrected chi connectivity index (χ4v) is 4.86. The smallest absolute Gasteiger partial charge is 0.327 e. The van der Waals surface area contributed by atoms with E-state index in [2.05, 4.69) is 11.8 Å². The fraction of sp³-hybridized carbons (Fsp3) is 0.824. The highest BCUT2D eigenvalue weighted by molar-refractivity contribution is 7.99. The van der Waals surface area contributed by atoms with Gasteiger partial charge >= 0.3 is 5.97 Å². The van der Waals surface area contributed by atoms with E-state index in [9.17, 15) is 4.79 Å². The third kappa shape index (κ3) is 6.43. The zero-order chi connectivity index (χ0) is 14.9. The van der Waals surface area contributed by atoms with Gasteiger partial charge in [0.05, 0.1) is 12.7 Å². The van der Waals surface area contributed by atoms with Gasteiger partial charge in [-0.3, -0.25) is 0 Å². The quantitative estimate of drug-likeness (QED) is 0.514. The third-order valence-electron chi connectivity index (χ3n) is 4.63. The van der Waals surface area contributed by atoms with Crippen LogP contribution in [0.1, 0.15) is 51.4 Å². The summed E-state index contributed by atoms with van der Waals surface area (Å²) in [4.78, 5) is 10.4. The van der Waals surface area contributed by atoms with Gasteiger partial charge in [-0.2, -0.15) is 11.8 Å². The number of hydrogen-bond donors (Lipinski definition) is 1. The first-order valence-electron chi connectivity index (χ1n) is 8.34. The van der Waals surface area contributed by atoms with Crippen molar-refractivity contribution in [3.8, 4) is 0 Å². The molecule has 1 aliphatic carbocycles. The van der Waals surface area contributed by atoms with Crippen molar-refractivity contribution in [3.05, 3.63) is 12.2 Å². The van der Waals surface area contributed by atoms with Crippen molar-refractivity contribution < 1.29 is 14.6 Å². The van der Waals surface area contributed by atoms with E-state index in [1.165, 1.54) is 56.1 Å². The summed E-state index contributed by atoms with van der Waals surface area (Å²) in [5.41, 5.74) is 0. The first-order valence-corrected chi connectivity index (χ1v) is 9.50. The van der Waals surface area contributed by atoms with Crippen LogP contribution in [0.4, 0.5) is 0 Å². The molecule has 0 bridgehead atoms. The monoisotopic (exact) mass is 312 g/mol. The first-order chi connectivity index (χ1) is 10.3. The van der Waals surface area contributed by atoms with Crippen LogP contribution < -0.4 is 0 Å². The molecule has 0 unspecified atom stereocenters. The molecular weight excluding hydrogens is 284 g/mol. The standard InChI is InChI=1S/C17H28O3S/c18-17(19)10-4-2-1-3-7-14-12-21-13-15(14)11-20-16-8-5-6-9-16/h4,10,14-16H,1-3,5-9,11-13H2,(H,18,19)/b10-4-/t14-,15-/m1/s1. The predicted molar refractivity (Wildman–Crippen MR) is 87.8 cm³/mol. The zero-order valence-corrected chi connectivity index (χ0v) is 13.7. The Bertz CT molecular complexity index is 337. The molecule has 1 aliphatic heterocycles. The number of rotatable bonds is 9. The van der Waals surface area contributed by atoms with Crippen molar-refractivity contribution in [1.29, 1.82) is 0 Å². The summed E-state index contributed by atoms with van der Waals surface area (Å²) in [6, 6.07) is 0. The van der Waals surface area contributed by atoms with Gasteiger partial charge < -0.3 is 9.84 Å². The SMILES string of the molecule is O=C(O)/C=C\CCCC[C@@H]1CSC[C@H]1COC1CCCC1. The normalized spacial score (nSPS) is 26.9. The Morgan fingerprint density at radius 1 is 1.19 bits per heavy atom. The zero-order valence-electron chi connectivity index (χ0n) is 12.8. The van der Waals surface area contributed by atoms with Crippen LogP contribution in [-0.2, 0) is 9.53 Å². The van der Waals surface area contributed by atoms with Gasteiger partial charge in [-0.25, -0.2) is 4.79 Å². The Labute approximate surface area is 132 Å². The molecule has 4 heteroatoms. The second-order valence-electron chi connectivity index (χ2n) is 6.32. The van der Waals surface area contributed by atoms with Crippen LogP contribution in [0.3, 0.4) is 0 Å². The topological polar surface area (TPSA) is 46.5 Å². The third-order valence-corrected chi connectivity index (χ3v) is 5.96. The molecule has 2 rings (SSSR count). The summed E-state index contributed by atoms with van der Waals surface area (Å²) >= 11 is 2.07. The van der Waals surface area contributed by atoms with Crippen LogP contribution in [0, 0.1) is 11.8 Å². The van der Waals surface area contributed by atoms with Crippen LogP contribution in [0.25, 0.3) is 0 Å². The Kier molecular flexibility index (Phi) is 7.65. The number of ether oxygens (including phenoxy) is 1. The number of carbonyl (C=O) groups is 1. The van der Waals surface area contributed by atoms with Gasteiger partial charge in [-0.05, 0) is 55.4 Å². The lowest BCUT2D eigenvalue weighted by atomic mass is 9.91. The van der Waals surface area contributed by atoms with Crippen molar-refractivity contribution in [2.24, 2.45) is 11.8 Å². The molecular formula is C17H28O3S. The molecule has 120 valence electrons. The molecule has 0 amide bonds. The van der Waals surface area contributed by atoms with E-state index in [0.717, 1.165) is 31.3 Å². The molecule has 0 spiro atoms. The van der Waals surface area contributed by atoms with Crippen LogP contribution in [0.2, 0.25) is 0 Å². The second kappa shape index (κ2) is 9.52. The highest BCUT2D eigenvalue weighted by Crippen LogP contribution is 2.34. The van der Waals surface area contributed by atoms with Crippen molar-refractivity contribution in [1.82, 2.24) is 0 Å². The summed E-state index contributed by atoms with van der Waals surface area (Å²) in [5, 5.41) is 8.52. The van der Waals surface area contributed by atoms with Crippen LogP contribution >= 0.6 is 11.8 Å². The number of allylic oxidation sites excluding steroid dienone is 1. The lowest BCUT2D eigenvalue weighted by Crippen LogP contribution is -2.21. The minimum Gasteiger partial charge on any atom is -0.478 e. The molecule has 0 aromatic heterocycles. The lowest BCUT2D eigenvalue weighted by molar-refractivity contribution is -0.131. The van der Waals surface area contributed by atoms with Crippen LogP contribution in [0.15, 0.2) is 12.2 Å². The molecule has 0 radical (unpaired) electrons. The molecule has 1 heterocycles. The minimum absolute atomic E-state index is 0.539. The molecule has 2 aliphatic rings. The van der Waals surface area contributed by atoms with Crippen molar-refractivity contribution in [2.45, 2.75) is 57.5 Å². The van der Waals surface area contributed by atoms with E-state index in [1.807, 2.05) is 0 Å². The van der Waals surface area contributed by atoms with Gasteiger partial charge in [0.2, 0.25) is 0 Å². The van der Waals surface area contributed by atoms with E-state index >= 15 is 0 Å². The van der Waals surface area contributed by atoms with Crippen molar-refractivity contribution in [3.63, 3.8) is 0 Å². The number of thioether (sulfide) groups is 1. The molecule has 21 heavy (non-hydrogen) atoms. The van der Waals surface area contributed by atoms with E-state index < -0.39 is 5.97 Å². The van der Waals surface area contributed by atoms with Crippen molar-refractivity contribution in [2.75, 3.05) is 18.1 Å². The maximum absolute atomic E-state index is 10.4. The summed E-state index contributed by atoms with van der Waals surface area (Å²) < 4.78 is 6.10. The van der Waals surface area contributed by atoms with Crippen molar-refractivity contribution >= 4 is 17.7 Å². The Morgan fingerprint density at radius 3 is 2.71 bits per heavy atom. The maximum Gasteiger partial charge on any atom is 0.327 e. The maximum atomic E-state index is 10.4. The van der Waals surface area contributed by atoms with Gasteiger partial charge in [-0.1, -0.05) is 25.3 Å². The van der Waals surface area contributed by atoms with E-state index in [-0.39, 0.29) is 0 Å². The second-order valence-corrected chi connectivity index (χ2v) is 7.40. The van der Waals surface area contributed by atoms with Gasteiger partial charge in [0, 0.05) is 6.08 Å². The summed E-state index contributed by atoms with van der Waals surface area (Å²) in [6.07, 6.45) is 13.2. The molecule has 1 N–H and O–H groups in total. The highest BCUT2D eigenvalue weighted by atomic mass is 32.2. The molecule has 1 saturated heterocycles. The molecule has 3 nitrogen and oxygen atoms in total. The summed E-state index contributed by atoms with van der Waals surface area (Å²) in [5.74, 6) is 3.25. The summed E-state index contributed by atoms with van der Waals surface area (Å²) in [6.45, 7) is 0.960. The average Bonchev–Trinajstić information content (AvgIpc) is 3.11. The van der Waals surface area contributed by atoms with Crippen LogP contribution in [0.5, 0.6) is 0 Å². The number of hydrogen-bond acceptors (Lipinski definition) is 3. The van der Waals surface area contributed by atoms with Gasteiger partial charge in [-0.15, -0.1) is 0 Å². The van der Waals surface area contributed by atoms with E-state index in [0.29, 0.717) is 6.10 Å². The Hall–Kier alpha value is -0.480. The van der Waals surface area contributed by atoms with Gasteiger partial charge in [0.1, 0.15) is 0 Å². The first kappa shape index (κ1) is 16.9. The van der Waals surface area contributed by atoms with E-state index in [4.69, 9.17) is 9.84 Å². The number of unbranched alkanes of at least 4 members (excludes halogenated alkanes) is 2. The molecule has 2 atom stereocenters. The molecule has 2 fully saturated rings. The average molecular weight is 312 g/mol. The summed E-state index contributed by atoms with van der Waals surface area (Å²) in [7, 11) is 0. The minimum atomic E-state index is -0.841. The Morgan fingerprint density at radius 2 is 1.95 bits per heavy atom. The molecule has 0 aromatic rings. The van der Waals surface area contributed by atoms with Gasteiger partial charge in [0.25, 0.3) is 0 Å². The molecule has 0 aromatic carbocycles. The number of carboxylic acids is 1. The van der Waals surface area contributed by atoms with Gasteiger partial charge in [0.15, 0.2) is 0 Å². The number of aliphatic carboxylic acids is 1. The Balaban J connectivity index is 1.57. The lowest BCUT2D eigenvalue weighted by Gasteiger charge is -2.21. The predicted octanol–water partition coefficient (Wildman–Crippen LogP) is 4.13. The highest BCUT2D eigenvalue weighted by Gasteiger charge is 2.28. The fourth-order valence-electron chi connectivity index (χ4n) is 3.31. The van der Waals surface area contributed by atoms with Crippen LogP contribution in [-0.4, -0.2) is 35.3 Å². The van der Waals surface area contributed by atoms with E-state index in [1.54, 1.807) is 6.08 Å². The molecule has 1 saturated carbocycles.